The minimum Gasteiger partial charge on any atom is -0.467 e. The molecule has 6 heteroatoms. The predicted octanol–water partition coefficient (Wildman–Crippen LogP) is 2.68. The molecule has 2 aromatic rings. The van der Waals surface area contributed by atoms with E-state index < -0.39 is 0 Å². The highest BCUT2D eigenvalue weighted by molar-refractivity contribution is 5.92. The Morgan fingerprint density at radius 2 is 2.08 bits per heavy atom. The summed E-state index contributed by atoms with van der Waals surface area (Å²) in [7, 11) is 2.13. The molecule has 1 saturated heterocycles. The number of aromatic nitrogens is 2. The van der Waals surface area contributed by atoms with Gasteiger partial charge in [0.15, 0.2) is 0 Å². The maximum absolute atomic E-state index is 13.2. The van der Waals surface area contributed by atoms with Gasteiger partial charge >= 0.3 is 0 Å². The zero-order valence-corrected chi connectivity index (χ0v) is 14.6. The zero-order chi connectivity index (χ0) is 17.2. The van der Waals surface area contributed by atoms with E-state index in [4.69, 9.17) is 4.42 Å². The zero-order valence-electron chi connectivity index (χ0n) is 14.6. The van der Waals surface area contributed by atoms with Crippen molar-refractivity contribution in [2.24, 2.45) is 0 Å². The van der Waals surface area contributed by atoms with E-state index in [1.807, 2.05) is 17.0 Å². The topological polar surface area (TPSA) is 62.5 Å². The quantitative estimate of drug-likeness (QED) is 0.837. The molecule has 1 aliphatic carbocycles. The smallest absolute Gasteiger partial charge is 0.273 e. The second-order valence-corrected chi connectivity index (χ2v) is 7.12. The summed E-state index contributed by atoms with van der Waals surface area (Å²) in [4.78, 5) is 26.4. The highest BCUT2D eigenvalue weighted by atomic mass is 16.3. The second-order valence-electron chi connectivity index (χ2n) is 7.12. The van der Waals surface area contributed by atoms with Crippen molar-refractivity contribution in [3.05, 3.63) is 47.9 Å². The summed E-state index contributed by atoms with van der Waals surface area (Å²) < 4.78 is 5.50. The molecule has 1 amide bonds. The molecule has 132 valence electrons. The average Bonchev–Trinajstić information content (AvgIpc) is 3.37. The molecule has 0 aromatic carbocycles. The lowest BCUT2D eigenvalue weighted by Gasteiger charge is -2.36. The lowest BCUT2D eigenvalue weighted by atomic mass is 10.0. The lowest BCUT2D eigenvalue weighted by Crippen LogP contribution is -2.46. The normalized spacial score (nSPS) is 19.1. The van der Waals surface area contributed by atoms with Gasteiger partial charge in [-0.15, -0.1) is 0 Å². The van der Waals surface area contributed by atoms with Crippen LogP contribution in [0.3, 0.4) is 0 Å². The maximum Gasteiger partial charge on any atom is 0.273 e. The van der Waals surface area contributed by atoms with Crippen molar-refractivity contribution in [1.29, 1.82) is 0 Å². The number of piperidine rings is 1. The van der Waals surface area contributed by atoms with Gasteiger partial charge < -0.3 is 14.2 Å². The van der Waals surface area contributed by atoms with E-state index in [1.54, 1.807) is 18.5 Å². The summed E-state index contributed by atoms with van der Waals surface area (Å²) in [5.74, 6) is 2.04. The number of hydrogen-bond donors (Lipinski definition) is 0. The van der Waals surface area contributed by atoms with Crippen molar-refractivity contribution in [2.45, 2.75) is 44.2 Å². The fourth-order valence-corrected chi connectivity index (χ4v) is 3.42. The van der Waals surface area contributed by atoms with Crippen LogP contribution in [0.15, 0.2) is 35.1 Å². The third kappa shape index (κ3) is 3.74. The van der Waals surface area contributed by atoms with Gasteiger partial charge in [0.2, 0.25) is 0 Å². The number of carbonyl (C=O) groups is 1. The van der Waals surface area contributed by atoms with Crippen LogP contribution in [-0.2, 0) is 6.54 Å². The molecule has 1 aliphatic heterocycles. The fraction of sp³-hybridized carbons (Fsp3) is 0.526. The Morgan fingerprint density at radius 3 is 2.76 bits per heavy atom. The Labute approximate surface area is 147 Å². The summed E-state index contributed by atoms with van der Waals surface area (Å²) in [6.45, 7) is 2.50. The molecule has 0 radical (unpaired) electrons. The number of nitrogens with zero attached hydrogens (tertiary/aromatic N) is 4. The molecule has 2 aromatic heterocycles. The largest absolute Gasteiger partial charge is 0.467 e. The standard InChI is InChI=1S/C19H24N4O2/c1-22-10-7-15(8-11-22)23(13-16-3-2-12-25-16)19(24)17-6-9-20-18(21-17)14-4-5-14/h2-3,6,9,12,14-15H,4-5,7-8,10-11,13H2,1H3. The van der Waals surface area contributed by atoms with E-state index in [9.17, 15) is 4.79 Å². The molecule has 2 aliphatic rings. The molecule has 0 N–H and O–H groups in total. The summed E-state index contributed by atoms with van der Waals surface area (Å²) >= 11 is 0. The first-order chi connectivity index (χ1) is 12.2. The number of hydrogen-bond acceptors (Lipinski definition) is 5. The van der Waals surface area contributed by atoms with Gasteiger partial charge in [-0.1, -0.05) is 0 Å². The van der Waals surface area contributed by atoms with E-state index in [-0.39, 0.29) is 11.9 Å². The number of furan rings is 1. The van der Waals surface area contributed by atoms with Crippen LogP contribution in [0, 0.1) is 0 Å². The van der Waals surface area contributed by atoms with Crippen molar-refractivity contribution in [3.8, 4) is 0 Å². The van der Waals surface area contributed by atoms with E-state index in [1.165, 1.54) is 0 Å². The highest BCUT2D eigenvalue weighted by Crippen LogP contribution is 2.37. The van der Waals surface area contributed by atoms with Crippen LogP contribution in [0.4, 0.5) is 0 Å². The van der Waals surface area contributed by atoms with Crippen LogP contribution in [0.25, 0.3) is 0 Å². The van der Waals surface area contributed by atoms with Crippen molar-refractivity contribution in [3.63, 3.8) is 0 Å². The molecular weight excluding hydrogens is 316 g/mol. The minimum absolute atomic E-state index is 0.0183. The minimum atomic E-state index is -0.0183. The molecule has 6 nitrogen and oxygen atoms in total. The third-order valence-corrected chi connectivity index (χ3v) is 5.13. The number of rotatable bonds is 5. The van der Waals surface area contributed by atoms with Gasteiger partial charge in [-0.2, -0.15) is 0 Å². The molecule has 0 bridgehead atoms. The summed E-state index contributed by atoms with van der Waals surface area (Å²) in [6, 6.07) is 5.74. The Bertz CT molecular complexity index is 719. The molecule has 4 rings (SSSR count). The Morgan fingerprint density at radius 1 is 1.28 bits per heavy atom. The molecule has 0 unspecified atom stereocenters. The van der Waals surface area contributed by atoms with Crippen LogP contribution in [0.1, 0.15) is 53.7 Å². The first-order valence-electron chi connectivity index (χ1n) is 9.05. The second kappa shape index (κ2) is 6.96. The number of carbonyl (C=O) groups excluding carboxylic acids is 1. The van der Waals surface area contributed by atoms with Gasteiger partial charge in [0, 0.05) is 18.2 Å². The first kappa shape index (κ1) is 16.3. The van der Waals surface area contributed by atoms with Crippen LogP contribution < -0.4 is 0 Å². The van der Waals surface area contributed by atoms with Crippen LogP contribution >= 0.6 is 0 Å². The first-order valence-corrected chi connectivity index (χ1v) is 9.05. The van der Waals surface area contributed by atoms with Crippen LogP contribution in [-0.4, -0.2) is 51.9 Å². The van der Waals surface area contributed by atoms with Crippen molar-refractivity contribution in [1.82, 2.24) is 19.8 Å². The van der Waals surface area contributed by atoms with E-state index >= 15 is 0 Å². The maximum atomic E-state index is 13.2. The third-order valence-electron chi connectivity index (χ3n) is 5.13. The van der Waals surface area contributed by atoms with Crippen LogP contribution in [0.5, 0.6) is 0 Å². The molecule has 0 atom stereocenters. The molecule has 0 spiro atoms. The molecular formula is C19H24N4O2. The van der Waals surface area contributed by atoms with Gasteiger partial charge in [-0.05, 0) is 64.0 Å². The van der Waals surface area contributed by atoms with E-state index in [2.05, 4.69) is 21.9 Å². The number of amides is 1. The molecule has 1 saturated carbocycles. The van der Waals surface area contributed by atoms with Crippen LogP contribution in [0.2, 0.25) is 0 Å². The predicted molar refractivity (Wildman–Crippen MR) is 93.1 cm³/mol. The van der Waals surface area contributed by atoms with Gasteiger partial charge in [0.1, 0.15) is 17.3 Å². The summed E-state index contributed by atoms with van der Waals surface area (Å²) in [5, 5.41) is 0. The van der Waals surface area contributed by atoms with Gasteiger partial charge in [-0.25, -0.2) is 9.97 Å². The molecule has 3 heterocycles. The average molecular weight is 340 g/mol. The summed E-state index contributed by atoms with van der Waals surface area (Å²) in [6.07, 6.45) is 7.58. The van der Waals surface area contributed by atoms with Gasteiger partial charge in [0.05, 0.1) is 12.8 Å². The summed E-state index contributed by atoms with van der Waals surface area (Å²) in [5.41, 5.74) is 0.502. The van der Waals surface area contributed by atoms with E-state index in [0.717, 1.165) is 50.4 Å². The SMILES string of the molecule is CN1CCC(N(Cc2ccco2)C(=O)c2ccnc(C3CC3)n2)CC1. The van der Waals surface area contributed by atoms with Crippen molar-refractivity contribution in [2.75, 3.05) is 20.1 Å². The molecule has 2 fully saturated rings. The fourth-order valence-electron chi connectivity index (χ4n) is 3.42. The Hall–Kier alpha value is -2.21. The van der Waals surface area contributed by atoms with Crippen molar-refractivity contribution < 1.29 is 9.21 Å². The molecule has 25 heavy (non-hydrogen) atoms. The lowest BCUT2D eigenvalue weighted by molar-refractivity contribution is 0.0544. The number of likely N-dealkylation sites (tertiary alicyclic amines) is 1. The monoisotopic (exact) mass is 340 g/mol. The Kier molecular flexibility index (Phi) is 4.53. The van der Waals surface area contributed by atoms with Gasteiger partial charge in [-0.3, -0.25) is 4.79 Å². The Balaban J connectivity index is 1.57. The van der Waals surface area contributed by atoms with E-state index in [0.29, 0.717) is 18.2 Å². The van der Waals surface area contributed by atoms with Crippen molar-refractivity contribution >= 4 is 5.91 Å². The van der Waals surface area contributed by atoms with Gasteiger partial charge in [0.25, 0.3) is 5.91 Å². The highest BCUT2D eigenvalue weighted by Gasteiger charge is 2.31.